The molecule has 0 spiro atoms. The van der Waals surface area contributed by atoms with Crippen molar-refractivity contribution >= 4 is 0 Å². The van der Waals surface area contributed by atoms with Crippen molar-refractivity contribution in [1.82, 2.24) is 15.1 Å². The number of nitrogens with zero attached hydrogens (tertiary/aromatic N) is 1. The minimum Gasteiger partial charge on any atom is -0.312 e. The minimum atomic E-state index is -0.259. The Balaban J connectivity index is 2.37. The molecule has 100 valence electrons. The van der Waals surface area contributed by atoms with Gasteiger partial charge in [-0.05, 0) is 26.7 Å². The fraction of sp³-hybridized carbons (Fsp3) is 0.538. The highest BCUT2D eigenvalue weighted by atomic mass is 16.1. The normalized spacial score (nSPS) is 12.3. The van der Waals surface area contributed by atoms with Gasteiger partial charge in [0.1, 0.15) is 0 Å². The van der Waals surface area contributed by atoms with E-state index in [1.54, 1.807) is 0 Å². The van der Waals surface area contributed by atoms with Crippen LogP contribution in [0.4, 0.5) is 0 Å². The molecule has 2 N–H and O–H groups in total. The fourth-order valence-corrected chi connectivity index (χ4v) is 1.62. The van der Waals surface area contributed by atoms with E-state index in [4.69, 9.17) is 0 Å². The Kier molecular flexibility index (Phi) is 5.58. The molecule has 0 radical (unpaired) electrons. The number of aromatic nitrogens is 2. The summed E-state index contributed by atoms with van der Waals surface area (Å²) in [6.07, 6.45) is 2.02. The lowest BCUT2D eigenvalue weighted by Gasteiger charge is -2.14. The molecule has 5 nitrogen and oxygen atoms in total. The number of hydrogen-bond acceptors (Lipinski definition) is 3. The first-order chi connectivity index (χ1) is 8.49. The lowest BCUT2D eigenvalue weighted by atomic mass is 10.1. The first-order valence-corrected chi connectivity index (χ1v) is 6.17. The van der Waals surface area contributed by atoms with Crippen molar-refractivity contribution in [3.05, 3.63) is 45.0 Å². The molecule has 0 bridgehead atoms. The summed E-state index contributed by atoms with van der Waals surface area (Å²) in [6, 6.07) is 2.89. The molecule has 1 aromatic rings. The molecule has 0 aliphatic heterocycles. The molecule has 1 aromatic heterocycles. The number of H-pyrrole nitrogens is 1. The van der Waals surface area contributed by atoms with Gasteiger partial charge in [0.05, 0.1) is 6.54 Å². The summed E-state index contributed by atoms with van der Waals surface area (Å²) in [5.74, 6) is 0. The number of aromatic amines is 1. The standard InChI is InChI=1S/C13H21N3O2/c1-10(2)4-5-11(3)14-8-9-16-13(18)7-6-12(17)15-16/h6-7,11,14H,1,4-5,8-9H2,2-3H3,(H,15,17)/t11-/m0/s1. The first kappa shape index (κ1) is 14.4. The van der Waals surface area contributed by atoms with E-state index >= 15 is 0 Å². The fourth-order valence-electron chi connectivity index (χ4n) is 1.62. The Labute approximate surface area is 107 Å². The first-order valence-electron chi connectivity index (χ1n) is 6.17. The lowest BCUT2D eigenvalue weighted by molar-refractivity contribution is 0.464. The van der Waals surface area contributed by atoms with E-state index in [-0.39, 0.29) is 11.1 Å². The van der Waals surface area contributed by atoms with Gasteiger partial charge in [0.15, 0.2) is 0 Å². The molecular weight excluding hydrogens is 230 g/mol. The third-order valence-corrected chi connectivity index (χ3v) is 2.72. The van der Waals surface area contributed by atoms with Crippen LogP contribution in [0.15, 0.2) is 33.9 Å². The second kappa shape index (κ2) is 6.96. The molecule has 5 heteroatoms. The van der Waals surface area contributed by atoms with Crippen LogP contribution in [0.2, 0.25) is 0 Å². The zero-order valence-corrected chi connectivity index (χ0v) is 11.0. The van der Waals surface area contributed by atoms with Crippen LogP contribution in [0, 0.1) is 0 Å². The quantitative estimate of drug-likeness (QED) is 0.707. The molecule has 0 aliphatic carbocycles. The average molecular weight is 251 g/mol. The Morgan fingerprint density at radius 3 is 2.89 bits per heavy atom. The summed E-state index contributed by atoms with van der Waals surface area (Å²) in [7, 11) is 0. The highest BCUT2D eigenvalue weighted by molar-refractivity contribution is 4.89. The second-order valence-electron chi connectivity index (χ2n) is 4.65. The third-order valence-electron chi connectivity index (χ3n) is 2.72. The van der Waals surface area contributed by atoms with Gasteiger partial charge < -0.3 is 5.32 Å². The third kappa shape index (κ3) is 5.14. The average Bonchev–Trinajstić information content (AvgIpc) is 2.31. The van der Waals surface area contributed by atoms with Crippen LogP contribution < -0.4 is 16.4 Å². The predicted molar refractivity (Wildman–Crippen MR) is 72.8 cm³/mol. The molecule has 0 aliphatic rings. The highest BCUT2D eigenvalue weighted by Crippen LogP contribution is 2.03. The molecule has 0 amide bonds. The maximum absolute atomic E-state index is 11.4. The van der Waals surface area contributed by atoms with Gasteiger partial charge in [-0.1, -0.05) is 5.57 Å². The molecule has 18 heavy (non-hydrogen) atoms. The highest BCUT2D eigenvalue weighted by Gasteiger charge is 2.02. The van der Waals surface area contributed by atoms with Gasteiger partial charge in [0.2, 0.25) is 0 Å². The van der Waals surface area contributed by atoms with Crippen molar-refractivity contribution in [1.29, 1.82) is 0 Å². The van der Waals surface area contributed by atoms with E-state index in [0.29, 0.717) is 19.1 Å². The topological polar surface area (TPSA) is 66.9 Å². The summed E-state index contributed by atoms with van der Waals surface area (Å²) < 4.78 is 1.32. The molecule has 0 unspecified atom stereocenters. The molecular formula is C13H21N3O2. The molecule has 0 aromatic carbocycles. The second-order valence-corrected chi connectivity index (χ2v) is 4.65. The predicted octanol–water partition coefficient (Wildman–Crippen LogP) is 0.871. The summed E-state index contributed by atoms with van der Waals surface area (Å²) in [5, 5.41) is 5.80. The van der Waals surface area contributed by atoms with E-state index in [9.17, 15) is 9.59 Å². The molecule has 1 rings (SSSR count). The van der Waals surface area contributed by atoms with Crippen molar-refractivity contribution in [2.24, 2.45) is 0 Å². The molecule has 0 saturated carbocycles. The van der Waals surface area contributed by atoms with E-state index in [1.165, 1.54) is 22.4 Å². The van der Waals surface area contributed by atoms with Crippen molar-refractivity contribution < 1.29 is 0 Å². The van der Waals surface area contributed by atoms with Crippen molar-refractivity contribution in [3.63, 3.8) is 0 Å². The van der Waals surface area contributed by atoms with Gasteiger partial charge in [0, 0.05) is 24.7 Å². The maximum atomic E-state index is 11.4. The molecule has 1 atom stereocenters. The van der Waals surface area contributed by atoms with Crippen molar-refractivity contribution in [3.8, 4) is 0 Å². The Morgan fingerprint density at radius 1 is 1.50 bits per heavy atom. The van der Waals surface area contributed by atoms with Gasteiger partial charge in [-0.3, -0.25) is 14.7 Å². The van der Waals surface area contributed by atoms with Crippen LogP contribution in [-0.4, -0.2) is 22.4 Å². The Bertz CT molecular complexity index is 501. The van der Waals surface area contributed by atoms with Crippen molar-refractivity contribution in [2.75, 3.05) is 6.54 Å². The molecule has 1 heterocycles. The van der Waals surface area contributed by atoms with E-state index in [0.717, 1.165) is 12.8 Å². The van der Waals surface area contributed by atoms with Crippen LogP contribution in [0.3, 0.4) is 0 Å². The van der Waals surface area contributed by atoms with E-state index in [2.05, 4.69) is 23.9 Å². The van der Waals surface area contributed by atoms with Gasteiger partial charge in [-0.15, -0.1) is 6.58 Å². The molecule has 0 fully saturated rings. The van der Waals surface area contributed by atoms with Crippen molar-refractivity contribution in [2.45, 2.75) is 39.3 Å². The molecule has 0 saturated heterocycles. The van der Waals surface area contributed by atoms with Gasteiger partial charge in [0.25, 0.3) is 11.1 Å². The maximum Gasteiger partial charge on any atom is 0.265 e. The zero-order chi connectivity index (χ0) is 13.5. The summed E-state index contributed by atoms with van der Waals surface area (Å²) in [4.78, 5) is 22.5. The van der Waals surface area contributed by atoms with E-state index < -0.39 is 0 Å². The summed E-state index contributed by atoms with van der Waals surface area (Å²) >= 11 is 0. The number of hydrogen-bond donors (Lipinski definition) is 2. The summed E-state index contributed by atoms with van der Waals surface area (Å²) in [6.45, 7) is 9.09. The van der Waals surface area contributed by atoms with Gasteiger partial charge in [-0.2, -0.15) is 0 Å². The number of nitrogens with one attached hydrogen (secondary N) is 2. The van der Waals surface area contributed by atoms with Crippen LogP contribution in [0.1, 0.15) is 26.7 Å². The SMILES string of the molecule is C=C(C)CC[C@H](C)NCCn1[nH]c(=O)ccc1=O. The van der Waals surface area contributed by atoms with Gasteiger partial charge >= 0.3 is 0 Å². The lowest BCUT2D eigenvalue weighted by Crippen LogP contribution is -2.35. The minimum absolute atomic E-state index is 0.189. The number of rotatable bonds is 7. The van der Waals surface area contributed by atoms with Gasteiger partial charge in [-0.25, -0.2) is 4.68 Å². The zero-order valence-electron chi connectivity index (χ0n) is 11.0. The van der Waals surface area contributed by atoms with Crippen LogP contribution in [0.25, 0.3) is 0 Å². The smallest absolute Gasteiger partial charge is 0.265 e. The monoisotopic (exact) mass is 251 g/mol. The van der Waals surface area contributed by atoms with Crippen LogP contribution in [0.5, 0.6) is 0 Å². The van der Waals surface area contributed by atoms with Crippen LogP contribution >= 0.6 is 0 Å². The van der Waals surface area contributed by atoms with E-state index in [1.807, 2.05) is 6.92 Å². The largest absolute Gasteiger partial charge is 0.312 e. The van der Waals surface area contributed by atoms with Crippen LogP contribution in [-0.2, 0) is 6.54 Å². The Hall–Kier alpha value is -1.62. The number of allylic oxidation sites excluding steroid dienone is 1. The Morgan fingerprint density at radius 2 is 2.22 bits per heavy atom. The summed E-state index contributed by atoms with van der Waals surface area (Å²) in [5.41, 5.74) is 0.725.